The van der Waals surface area contributed by atoms with Crippen molar-refractivity contribution >= 4 is 17.4 Å². The van der Waals surface area contributed by atoms with Gasteiger partial charge in [-0.3, -0.25) is 0 Å². The van der Waals surface area contributed by atoms with E-state index in [2.05, 4.69) is 24.4 Å². The molecule has 0 saturated carbocycles. The first kappa shape index (κ1) is 13.0. The number of benzene rings is 2. The second kappa shape index (κ2) is 6.45. The minimum Gasteiger partial charge on any atom is -0.384 e. The summed E-state index contributed by atoms with van der Waals surface area (Å²) in [5, 5.41) is 3.40. The summed E-state index contributed by atoms with van der Waals surface area (Å²) in [5.41, 5.74) is 2.43. The first-order valence-corrected chi connectivity index (χ1v) is 6.92. The van der Waals surface area contributed by atoms with E-state index < -0.39 is 0 Å². The molecule has 2 aromatic rings. The molecule has 2 aromatic carbocycles. The van der Waals surface area contributed by atoms with Gasteiger partial charge in [-0.2, -0.15) is 0 Å². The van der Waals surface area contributed by atoms with Crippen molar-refractivity contribution in [2.75, 3.05) is 17.6 Å². The Labute approximate surface area is 111 Å². The summed E-state index contributed by atoms with van der Waals surface area (Å²) in [4.78, 5) is 1.10. The molecule has 0 aliphatic heterocycles. The van der Waals surface area contributed by atoms with Crippen molar-refractivity contribution in [2.24, 2.45) is 0 Å². The normalized spacial score (nSPS) is 10.3. The second-order valence-corrected chi connectivity index (χ2v) is 5.21. The summed E-state index contributed by atoms with van der Waals surface area (Å²) in [5.74, 6) is 0.775. The topological polar surface area (TPSA) is 12.0 Å². The van der Waals surface area contributed by atoms with E-state index in [0.717, 1.165) is 17.2 Å². The molecule has 1 N–H and O–H groups in total. The largest absolute Gasteiger partial charge is 0.384 e. The van der Waals surface area contributed by atoms with Gasteiger partial charge >= 0.3 is 0 Å². The Morgan fingerprint density at radius 2 is 1.78 bits per heavy atom. The van der Waals surface area contributed by atoms with Crippen LogP contribution in [-0.4, -0.2) is 12.3 Å². The summed E-state index contributed by atoms with van der Waals surface area (Å²) in [7, 11) is 0. The highest BCUT2D eigenvalue weighted by atomic mass is 32.2. The highest BCUT2D eigenvalue weighted by Gasteiger charge is 1.97. The summed E-state index contributed by atoms with van der Waals surface area (Å²) < 4.78 is 12.7. The fourth-order valence-electron chi connectivity index (χ4n) is 1.66. The number of nitrogens with one attached hydrogen (secondary N) is 1. The van der Waals surface area contributed by atoms with Crippen LogP contribution in [-0.2, 0) is 0 Å². The zero-order chi connectivity index (χ0) is 12.8. The van der Waals surface area contributed by atoms with Crippen LogP contribution in [0.15, 0.2) is 53.4 Å². The molecule has 0 fully saturated rings. The summed E-state index contributed by atoms with van der Waals surface area (Å²) >= 11 is 1.73. The first-order valence-electron chi connectivity index (χ1n) is 5.93. The number of hydrogen-bond acceptors (Lipinski definition) is 2. The Hall–Kier alpha value is -1.48. The fraction of sp³-hybridized carbons (Fsp3) is 0.200. The zero-order valence-corrected chi connectivity index (χ0v) is 11.1. The quantitative estimate of drug-likeness (QED) is 0.635. The molecule has 0 unspecified atom stereocenters. The van der Waals surface area contributed by atoms with Gasteiger partial charge in [0.15, 0.2) is 0 Å². The maximum atomic E-state index is 12.7. The Morgan fingerprint density at radius 1 is 1.06 bits per heavy atom. The molecule has 0 aromatic heterocycles. The number of para-hydroxylation sites is 1. The highest BCUT2D eigenvalue weighted by molar-refractivity contribution is 7.99. The fourth-order valence-corrected chi connectivity index (χ4v) is 2.43. The van der Waals surface area contributed by atoms with E-state index >= 15 is 0 Å². The van der Waals surface area contributed by atoms with E-state index in [0.29, 0.717) is 0 Å². The molecular weight excluding hydrogens is 245 g/mol. The minimum atomic E-state index is -0.183. The molecule has 0 heterocycles. The van der Waals surface area contributed by atoms with Gasteiger partial charge in [0.05, 0.1) is 0 Å². The van der Waals surface area contributed by atoms with Crippen LogP contribution in [0.25, 0.3) is 0 Å². The number of thioether (sulfide) groups is 1. The van der Waals surface area contributed by atoms with Crippen molar-refractivity contribution in [3.8, 4) is 0 Å². The molecule has 2 rings (SSSR count). The van der Waals surface area contributed by atoms with Crippen LogP contribution in [0.4, 0.5) is 10.1 Å². The molecule has 0 bridgehead atoms. The standard InChI is InChI=1S/C15H16FNS/c1-12-4-2-3-5-15(12)17-10-11-18-14-8-6-13(16)7-9-14/h2-9,17H,10-11H2,1H3. The maximum absolute atomic E-state index is 12.7. The molecule has 18 heavy (non-hydrogen) atoms. The average Bonchev–Trinajstić information content (AvgIpc) is 2.39. The molecule has 0 atom stereocenters. The maximum Gasteiger partial charge on any atom is 0.123 e. The predicted molar refractivity (Wildman–Crippen MR) is 76.8 cm³/mol. The number of halogens is 1. The third-order valence-electron chi connectivity index (χ3n) is 2.64. The lowest BCUT2D eigenvalue weighted by molar-refractivity contribution is 0.626. The van der Waals surface area contributed by atoms with Gasteiger partial charge in [0.25, 0.3) is 0 Å². The molecule has 94 valence electrons. The predicted octanol–water partition coefficient (Wildman–Crippen LogP) is 4.34. The lowest BCUT2D eigenvalue weighted by Crippen LogP contribution is -2.04. The van der Waals surface area contributed by atoms with Crippen LogP contribution in [0.2, 0.25) is 0 Å². The van der Waals surface area contributed by atoms with Crippen molar-refractivity contribution in [1.82, 2.24) is 0 Å². The molecule has 3 heteroatoms. The van der Waals surface area contributed by atoms with Gasteiger partial charge in [-0.25, -0.2) is 4.39 Å². The number of hydrogen-bond donors (Lipinski definition) is 1. The van der Waals surface area contributed by atoms with Crippen LogP contribution in [0, 0.1) is 12.7 Å². The van der Waals surface area contributed by atoms with Crippen LogP contribution < -0.4 is 5.32 Å². The summed E-state index contributed by atoms with van der Waals surface area (Å²) in [6, 6.07) is 14.9. The average molecular weight is 261 g/mol. The van der Waals surface area contributed by atoms with E-state index in [9.17, 15) is 4.39 Å². The van der Waals surface area contributed by atoms with E-state index in [1.165, 1.54) is 23.4 Å². The lowest BCUT2D eigenvalue weighted by atomic mass is 10.2. The monoisotopic (exact) mass is 261 g/mol. The van der Waals surface area contributed by atoms with Gasteiger partial charge in [-0.1, -0.05) is 18.2 Å². The Bertz CT molecular complexity index is 496. The van der Waals surface area contributed by atoms with Gasteiger partial charge in [-0.15, -0.1) is 11.8 Å². The molecule has 1 nitrogen and oxygen atoms in total. The van der Waals surface area contributed by atoms with Crippen molar-refractivity contribution in [3.63, 3.8) is 0 Å². The van der Waals surface area contributed by atoms with E-state index in [1.54, 1.807) is 11.8 Å². The van der Waals surface area contributed by atoms with Crippen molar-refractivity contribution in [1.29, 1.82) is 0 Å². The number of aryl methyl sites for hydroxylation is 1. The Morgan fingerprint density at radius 3 is 2.50 bits per heavy atom. The van der Waals surface area contributed by atoms with Crippen LogP contribution in [0.5, 0.6) is 0 Å². The smallest absolute Gasteiger partial charge is 0.123 e. The van der Waals surface area contributed by atoms with Gasteiger partial charge in [0, 0.05) is 22.9 Å². The Balaban J connectivity index is 1.76. The van der Waals surface area contributed by atoms with Crippen molar-refractivity contribution in [3.05, 3.63) is 59.9 Å². The van der Waals surface area contributed by atoms with Crippen LogP contribution >= 0.6 is 11.8 Å². The number of anilines is 1. The van der Waals surface area contributed by atoms with E-state index in [-0.39, 0.29) is 5.82 Å². The molecule has 0 aliphatic rings. The molecule has 0 amide bonds. The molecule has 0 saturated heterocycles. The molecular formula is C15H16FNS. The highest BCUT2D eigenvalue weighted by Crippen LogP contribution is 2.18. The number of rotatable bonds is 5. The second-order valence-electron chi connectivity index (χ2n) is 4.04. The van der Waals surface area contributed by atoms with Crippen LogP contribution in [0.1, 0.15) is 5.56 Å². The third-order valence-corrected chi connectivity index (χ3v) is 3.66. The third kappa shape index (κ3) is 3.77. The SMILES string of the molecule is Cc1ccccc1NCCSc1ccc(F)cc1. The van der Waals surface area contributed by atoms with Crippen molar-refractivity contribution < 1.29 is 4.39 Å². The van der Waals surface area contributed by atoms with Gasteiger partial charge in [0.2, 0.25) is 0 Å². The van der Waals surface area contributed by atoms with Crippen LogP contribution in [0.3, 0.4) is 0 Å². The van der Waals surface area contributed by atoms with Crippen molar-refractivity contribution in [2.45, 2.75) is 11.8 Å². The van der Waals surface area contributed by atoms with E-state index in [4.69, 9.17) is 0 Å². The lowest BCUT2D eigenvalue weighted by Gasteiger charge is -2.08. The molecule has 0 aliphatic carbocycles. The summed E-state index contributed by atoms with van der Waals surface area (Å²) in [6.45, 7) is 2.99. The summed E-state index contributed by atoms with van der Waals surface area (Å²) in [6.07, 6.45) is 0. The zero-order valence-electron chi connectivity index (χ0n) is 10.3. The minimum absolute atomic E-state index is 0.183. The van der Waals surface area contributed by atoms with E-state index in [1.807, 2.05) is 24.3 Å². The Kier molecular flexibility index (Phi) is 4.65. The first-order chi connectivity index (χ1) is 8.75. The molecule has 0 spiro atoms. The van der Waals surface area contributed by atoms with Gasteiger partial charge < -0.3 is 5.32 Å². The van der Waals surface area contributed by atoms with Gasteiger partial charge in [-0.05, 0) is 42.8 Å². The van der Waals surface area contributed by atoms with Gasteiger partial charge in [0.1, 0.15) is 5.82 Å². The molecule has 0 radical (unpaired) electrons.